The van der Waals surface area contributed by atoms with Gasteiger partial charge in [-0.2, -0.15) is 0 Å². The van der Waals surface area contributed by atoms with Crippen LogP contribution in [0.2, 0.25) is 0 Å². The van der Waals surface area contributed by atoms with Crippen molar-refractivity contribution in [2.75, 3.05) is 0 Å². The van der Waals surface area contributed by atoms with Crippen LogP contribution in [-0.4, -0.2) is 10.4 Å². The molecule has 0 bridgehead atoms. The molecule has 0 atom stereocenters. The number of rotatable bonds is 2. The first kappa shape index (κ1) is 9.89. The fraction of sp³-hybridized carbons (Fsp3) is 0.444. The number of carbonyl (C=O) groups excluding carboxylic acids is 1. The molecule has 0 fully saturated rings. The molecule has 1 aromatic heterocycles. The van der Waals surface area contributed by atoms with Crippen LogP contribution in [0.5, 0.6) is 0 Å². The summed E-state index contributed by atoms with van der Waals surface area (Å²) >= 11 is 0. The lowest BCUT2D eigenvalue weighted by Gasteiger charge is -2.04. The van der Waals surface area contributed by atoms with Crippen LogP contribution in [0.4, 0.5) is 8.78 Å². The number of halogens is 2. The molecule has 72 valence electrons. The number of ketones is 1. The van der Waals surface area contributed by atoms with Gasteiger partial charge in [0.1, 0.15) is 0 Å². The van der Waals surface area contributed by atoms with Gasteiger partial charge in [-0.05, 0) is 18.6 Å². The van der Waals surface area contributed by atoms with Crippen LogP contribution in [0.3, 0.4) is 0 Å². The molecule has 0 aliphatic rings. The number of aromatic nitrogens is 1. The maximum atomic E-state index is 12.4. The molecule has 0 saturated carbocycles. The van der Waals surface area contributed by atoms with E-state index in [0.717, 1.165) is 0 Å². The van der Waals surface area contributed by atoms with Crippen molar-refractivity contribution in [3.8, 4) is 0 Å². The lowest BCUT2D eigenvalue weighted by molar-refractivity contribution is 0.100. The second-order valence-corrected chi connectivity index (χ2v) is 3.02. The summed E-state index contributed by atoms with van der Waals surface area (Å²) in [6.07, 6.45) is -2.53. The molecule has 0 aliphatic carbocycles. The highest BCUT2D eigenvalue weighted by molar-refractivity contribution is 5.94. The maximum Gasteiger partial charge on any atom is 0.278 e. The zero-order valence-electron chi connectivity index (χ0n) is 7.77. The number of hydrogen-bond donors (Lipinski definition) is 0. The number of carbonyl (C=O) groups is 1. The van der Waals surface area contributed by atoms with E-state index in [1.54, 1.807) is 6.92 Å². The molecule has 0 aliphatic heterocycles. The smallest absolute Gasteiger partial charge is 0.278 e. The van der Waals surface area contributed by atoms with Crippen molar-refractivity contribution in [2.24, 2.45) is 7.05 Å². The standard InChI is InChI=1S/C9H11F2NO/c1-5-4-7(9(10)11)12(3)8(5)6(2)13/h4,9H,1-3H3. The van der Waals surface area contributed by atoms with Crippen molar-refractivity contribution in [3.05, 3.63) is 23.0 Å². The predicted octanol–water partition coefficient (Wildman–Crippen LogP) is 2.47. The summed E-state index contributed by atoms with van der Waals surface area (Å²) in [5.74, 6) is -0.188. The fourth-order valence-electron chi connectivity index (χ4n) is 1.50. The van der Waals surface area contributed by atoms with E-state index in [4.69, 9.17) is 0 Å². The Morgan fingerprint density at radius 2 is 2.08 bits per heavy atom. The van der Waals surface area contributed by atoms with Crippen LogP contribution in [0.25, 0.3) is 0 Å². The highest BCUT2D eigenvalue weighted by Crippen LogP contribution is 2.23. The first-order valence-electron chi connectivity index (χ1n) is 3.90. The van der Waals surface area contributed by atoms with Gasteiger partial charge in [-0.3, -0.25) is 4.79 Å². The second-order valence-electron chi connectivity index (χ2n) is 3.02. The SMILES string of the molecule is CC(=O)c1c(C)cc(C(F)F)n1C. The largest absolute Gasteiger partial charge is 0.340 e. The van der Waals surface area contributed by atoms with Crippen molar-refractivity contribution in [1.29, 1.82) is 0 Å². The first-order valence-corrected chi connectivity index (χ1v) is 3.90. The molecule has 0 unspecified atom stereocenters. The quantitative estimate of drug-likeness (QED) is 0.652. The van der Waals surface area contributed by atoms with Crippen molar-refractivity contribution in [1.82, 2.24) is 4.57 Å². The van der Waals surface area contributed by atoms with Crippen molar-refractivity contribution < 1.29 is 13.6 Å². The molecule has 0 spiro atoms. The molecule has 0 N–H and O–H groups in total. The Morgan fingerprint density at radius 3 is 2.31 bits per heavy atom. The van der Waals surface area contributed by atoms with Crippen LogP contribution in [-0.2, 0) is 7.05 Å². The highest BCUT2D eigenvalue weighted by atomic mass is 19.3. The second kappa shape index (κ2) is 3.28. The van der Waals surface area contributed by atoms with Gasteiger partial charge in [-0.25, -0.2) is 8.78 Å². The van der Waals surface area contributed by atoms with Gasteiger partial charge in [0.25, 0.3) is 6.43 Å². The van der Waals surface area contributed by atoms with Crippen molar-refractivity contribution >= 4 is 5.78 Å². The summed E-state index contributed by atoms with van der Waals surface area (Å²) in [4.78, 5) is 11.1. The summed E-state index contributed by atoms with van der Waals surface area (Å²) in [6, 6.07) is 1.35. The predicted molar refractivity (Wildman–Crippen MR) is 45.1 cm³/mol. The van der Waals surface area contributed by atoms with Gasteiger partial charge in [0.05, 0.1) is 11.4 Å². The molecular formula is C9H11F2NO. The van der Waals surface area contributed by atoms with Gasteiger partial charge >= 0.3 is 0 Å². The van der Waals surface area contributed by atoms with E-state index in [1.807, 2.05) is 0 Å². The third-order valence-corrected chi connectivity index (χ3v) is 2.02. The first-order chi connectivity index (χ1) is 5.95. The van der Waals surface area contributed by atoms with E-state index in [1.165, 1.54) is 24.6 Å². The normalized spacial score (nSPS) is 10.9. The Labute approximate surface area is 75.2 Å². The third kappa shape index (κ3) is 1.61. The van der Waals surface area contributed by atoms with Gasteiger partial charge in [-0.15, -0.1) is 0 Å². The summed E-state index contributed by atoms with van der Waals surface area (Å²) in [7, 11) is 1.48. The summed E-state index contributed by atoms with van der Waals surface area (Å²) in [5.41, 5.74) is 0.850. The topological polar surface area (TPSA) is 22.0 Å². The zero-order valence-corrected chi connectivity index (χ0v) is 7.77. The van der Waals surface area contributed by atoms with Gasteiger partial charge in [0.2, 0.25) is 0 Å². The summed E-state index contributed by atoms with van der Waals surface area (Å²) < 4.78 is 26.0. The van der Waals surface area contributed by atoms with Crippen LogP contribution < -0.4 is 0 Å². The molecule has 1 rings (SSSR count). The Kier molecular flexibility index (Phi) is 2.50. The van der Waals surface area contributed by atoms with E-state index in [2.05, 4.69) is 0 Å². The molecule has 0 radical (unpaired) electrons. The minimum absolute atomic E-state index is 0.109. The maximum absolute atomic E-state index is 12.4. The van der Waals surface area contributed by atoms with E-state index in [0.29, 0.717) is 11.3 Å². The molecule has 13 heavy (non-hydrogen) atoms. The van der Waals surface area contributed by atoms with Crippen molar-refractivity contribution in [2.45, 2.75) is 20.3 Å². The zero-order chi connectivity index (χ0) is 10.2. The lowest BCUT2D eigenvalue weighted by Crippen LogP contribution is -2.06. The molecular weight excluding hydrogens is 176 g/mol. The molecule has 2 nitrogen and oxygen atoms in total. The van der Waals surface area contributed by atoms with Crippen molar-refractivity contribution in [3.63, 3.8) is 0 Å². The minimum atomic E-state index is -2.53. The monoisotopic (exact) mass is 187 g/mol. The molecule has 1 heterocycles. The molecule has 0 amide bonds. The van der Waals surface area contributed by atoms with E-state index in [-0.39, 0.29) is 11.5 Å². The van der Waals surface area contributed by atoms with E-state index >= 15 is 0 Å². The number of alkyl halides is 2. The van der Waals surface area contributed by atoms with Gasteiger partial charge in [0, 0.05) is 14.0 Å². The van der Waals surface area contributed by atoms with Gasteiger partial charge in [0.15, 0.2) is 5.78 Å². The van der Waals surface area contributed by atoms with E-state index in [9.17, 15) is 13.6 Å². The third-order valence-electron chi connectivity index (χ3n) is 2.02. The lowest BCUT2D eigenvalue weighted by atomic mass is 10.2. The van der Waals surface area contributed by atoms with Crippen LogP contribution in [0.1, 0.15) is 35.1 Å². The molecule has 1 aromatic rings. The van der Waals surface area contributed by atoms with Crippen LogP contribution in [0, 0.1) is 6.92 Å². The molecule has 0 saturated heterocycles. The molecule has 4 heteroatoms. The summed E-state index contributed by atoms with van der Waals surface area (Å²) in [6.45, 7) is 3.03. The Balaban J connectivity index is 3.30. The van der Waals surface area contributed by atoms with Crippen LogP contribution in [0.15, 0.2) is 6.07 Å². The Morgan fingerprint density at radius 1 is 1.54 bits per heavy atom. The van der Waals surface area contributed by atoms with Crippen LogP contribution >= 0.6 is 0 Å². The number of nitrogens with zero attached hydrogens (tertiary/aromatic N) is 1. The Hall–Kier alpha value is -1.19. The van der Waals surface area contributed by atoms with Gasteiger partial charge in [-0.1, -0.05) is 0 Å². The Bertz CT molecular complexity index is 342. The average Bonchev–Trinajstić information content (AvgIpc) is 2.26. The fourth-order valence-corrected chi connectivity index (χ4v) is 1.50. The average molecular weight is 187 g/mol. The highest BCUT2D eigenvalue weighted by Gasteiger charge is 2.18. The number of hydrogen-bond acceptors (Lipinski definition) is 1. The minimum Gasteiger partial charge on any atom is -0.340 e. The van der Waals surface area contributed by atoms with E-state index < -0.39 is 6.43 Å². The molecule has 0 aromatic carbocycles. The summed E-state index contributed by atoms with van der Waals surface area (Å²) in [5, 5.41) is 0. The number of aryl methyl sites for hydroxylation is 1. The number of Topliss-reactive ketones (excluding diaryl/α,β-unsaturated/α-hetero) is 1. The van der Waals surface area contributed by atoms with Gasteiger partial charge < -0.3 is 4.57 Å².